The lowest BCUT2D eigenvalue weighted by Crippen LogP contribution is -2.10. The van der Waals surface area contributed by atoms with E-state index >= 15 is 0 Å². The number of hydrogen-bond donors (Lipinski definition) is 2. The SMILES string of the molecule is Fc1ccc(-c2cccc(-c3nc(-c4ccc(NI)cc4)cc(C(F)(F)F)n3)c2)cc1-c1nn[nH]n1. The number of H-pyrrole nitrogens is 1. The van der Waals surface area contributed by atoms with Gasteiger partial charge in [-0.15, -0.1) is 10.2 Å². The summed E-state index contributed by atoms with van der Waals surface area (Å²) in [5, 5.41) is 13.4. The lowest BCUT2D eigenvalue weighted by molar-refractivity contribution is -0.141. The topological polar surface area (TPSA) is 92.3 Å². The first-order valence-electron chi connectivity index (χ1n) is 10.4. The molecule has 0 fully saturated rings. The second kappa shape index (κ2) is 9.60. The zero-order valence-corrected chi connectivity index (χ0v) is 20.2. The molecule has 0 bridgehead atoms. The van der Waals surface area contributed by atoms with Crippen LogP contribution in [0, 0.1) is 5.82 Å². The molecule has 5 aromatic rings. The Morgan fingerprint density at radius 2 is 1.50 bits per heavy atom. The van der Waals surface area contributed by atoms with Gasteiger partial charge >= 0.3 is 6.18 Å². The third kappa shape index (κ3) is 4.89. The van der Waals surface area contributed by atoms with Crippen molar-refractivity contribution in [2.24, 2.45) is 0 Å². The minimum Gasteiger partial charge on any atom is -0.328 e. The first kappa shape index (κ1) is 23.8. The molecule has 36 heavy (non-hydrogen) atoms. The molecule has 0 aliphatic heterocycles. The quantitative estimate of drug-likeness (QED) is 0.134. The number of aromatic nitrogens is 6. The molecule has 2 aromatic heterocycles. The number of aromatic amines is 1. The first-order valence-corrected chi connectivity index (χ1v) is 11.5. The summed E-state index contributed by atoms with van der Waals surface area (Å²) >= 11 is 1.97. The van der Waals surface area contributed by atoms with Crippen molar-refractivity contribution in [1.82, 2.24) is 30.6 Å². The molecule has 0 saturated heterocycles. The first-order chi connectivity index (χ1) is 17.3. The third-order valence-corrected chi connectivity index (χ3v) is 5.94. The highest BCUT2D eigenvalue weighted by Crippen LogP contribution is 2.34. The number of nitrogens with one attached hydrogen (secondary N) is 2. The monoisotopic (exact) mass is 603 g/mol. The standard InChI is InChI=1S/C24H14F4IN7/c25-19-9-6-15(11-18(19)23-33-35-36-34-23)14-2-1-3-16(10-14)22-30-20(12-21(31-22)24(26,27)28)13-4-7-17(32-29)8-5-13/h1-12,32H,(H,33,34,35,36). The average Bonchev–Trinajstić information content (AvgIpc) is 3.43. The van der Waals surface area contributed by atoms with Gasteiger partial charge in [-0.1, -0.05) is 36.4 Å². The van der Waals surface area contributed by atoms with Crippen LogP contribution in [-0.2, 0) is 6.18 Å². The van der Waals surface area contributed by atoms with Crippen molar-refractivity contribution < 1.29 is 17.6 Å². The van der Waals surface area contributed by atoms with Crippen molar-refractivity contribution in [3.05, 3.63) is 84.3 Å². The zero-order chi connectivity index (χ0) is 25.3. The van der Waals surface area contributed by atoms with Gasteiger partial charge < -0.3 is 3.53 Å². The number of alkyl halides is 3. The molecule has 2 heterocycles. The molecule has 0 aliphatic carbocycles. The van der Waals surface area contributed by atoms with Crippen LogP contribution >= 0.6 is 22.9 Å². The van der Waals surface area contributed by atoms with E-state index in [1.807, 2.05) is 22.9 Å². The number of hydrogen-bond acceptors (Lipinski definition) is 6. The van der Waals surface area contributed by atoms with E-state index in [9.17, 15) is 17.6 Å². The fourth-order valence-electron chi connectivity index (χ4n) is 3.56. The molecule has 2 N–H and O–H groups in total. The van der Waals surface area contributed by atoms with Crippen molar-refractivity contribution in [1.29, 1.82) is 0 Å². The maximum atomic E-state index is 14.3. The number of rotatable bonds is 5. The molecule has 0 atom stereocenters. The molecule has 7 nitrogen and oxygen atoms in total. The summed E-state index contributed by atoms with van der Waals surface area (Å²) in [7, 11) is 0. The summed E-state index contributed by atoms with van der Waals surface area (Å²) in [4.78, 5) is 8.22. The Balaban J connectivity index is 1.59. The van der Waals surface area contributed by atoms with Crippen LogP contribution < -0.4 is 3.53 Å². The van der Waals surface area contributed by atoms with Gasteiger partial charge in [-0.2, -0.15) is 18.4 Å². The molecule has 3 aromatic carbocycles. The van der Waals surface area contributed by atoms with Crippen molar-refractivity contribution in [2.45, 2.75) is 6.18 Å². The van der Waals surface area contributed by atoms with E-state index in [4.69, 9.17) is 0 Å². The molecule has 0 unspecified atom stereocenters. The second-order valence-electron chi connectivity index (χ2n) is 7.64. The zero-order valence-electron chi connectivity index (χ0n) is 18.1. The lowest BCUT2D eigenvalue weighted by atomic mass is 10.00. The Morgan fingerprint density at radius 3 is 2.19 bits per heavy atom. The van der Waals surface area contributed by atoms with Crippen molar-refractivity contribution in [3.63, 3.8) is 0 Å². The molecule has 0 aliphatic rings. The van der Waals surface area contributed by atoms with Crippen LogP contribution in [0.4, 0.5) is 23.2 Å². The summed E-state index contributed by atoms with van der Waals surface area (Å²) in [6.45, 7) is 0. The Kier molecular flexibility index (Phi) is 6.35. The van der Waals surface area contributed by atoms with Crippen LogP contribution in [0.1, 0.15) is 5.69 Å². The number of tetrazole rings is 1. The molecule has 0 amide bonds. The molecular formula is C24H14F4IN7. The normalized spacial score (nSPS) is 11.5. The van der Waals surface area contributed by atoms with Crippen LogP contribution in [0.25, 0.3) is 45.2 Å². The van der Waals surface area contributed by atoms with Gasteiger partial charge in [-0.25, -0.2) is 14.4 Å². The van der Waals surface area contributed by atoms with Gasteiger partial charge in [-0.05, 0) is 52.7 Å². The molecule has 0 radical (unpaired) electrons. The van der Waals surface area contributed by atoms with Crippen LogP contribution in [0.15, 0.2) is 72.8 Å². The van der Waals surface area contributed by atoms with E-state index in [0.717, 1.165) is 11.8 Å². The molecule has 12 heteroatoms. The average molecular weight is 603 g/mol. The van der Waals surface area contributed by atoms with Crippen LogP contribution in [0.5, 0.6) is 0 Å². The fraction of sp³-hybridized carbons (Fsp3) is 0.0417. The minimum atomic E-state index is -4.66. The maximum absolute atomic E-state index is 14.3. The van der Waals surface area contributed by atoms with E-state index in [-0.39, 0.29) is 22.9 Å². The van der Waals surface area contributed by atoms with Crippen molar-refractivity contribution >= 4 is 28.6 Å². The molecule has 0 saturated carbocycles. The highest BCUT2D eigenvalue weighted by atomic mass is 127. The van der Waals surface area contributed by atoms with E-state index in [2.05, 4.69) is 34.1 Å². The van der Waals surface area contributed by atoms with E-state index < -0.39 is 17.7 Å². The van der Waals surface area contributed by atoms with E-state index in [0.29, 0.717) is 22.3 Å². The number of benzene rings is 3. The number of halogens is 5. The van der Waals surface area contributed by atoms with Gasteiger partial charge in [0.1, 0.15) is 11.5 Å². The Hall–Kier alpha value is -3.94. The van der Waals surface area contributed by atoms with Crippen molar-refractivity contribution in [3.8, 4) is 45.2 Å². The highest BCUT2D eigenvalue weighted by Gasteiger charge is 2.34. The van der Waals surface area contributed by atoms with Crippen molar-refractivity contribution in [2.75, 3.05) is 3.53 Å². The molecular weight excluding hydrogens is 589 g/mol. The largest absolute Gasteiger partial charge is 0.433 e. The highest BCUT2D eigenvalue weighted by molar-refractivity contribution is 14.1. The third-order valence-electron chi connectivity index (χ3n) is 5.31. The predicted molar refractivity (Wildman–Crippen MR) is 134 cm³/mol. The van der Waals surface area contributed by atoms with Crippen LogP contribution in [0.3, 0.4) is 0 Å². The molecule has 180 valence electrons. The summed E-state index contributed by atoms with van der Waals surface area (Å²) < 4.78 is 58.4. The Labute approximate surface area is 215 Å². The maximum Gasteiger partial charge on any atom is 0.433 e. The lowest BCUT2D eigenvalue weighted by Gasteiger charge is -2.12. The summed E-state index contributed by atoms with van der Waals surface area (Å²) in [6, 6.07) is 18.8. The Morgan fingerprint density at radius 1 is 0.778 bits per heavy atom. The second-order valence-corrected chi connectivity index (χ2v) is 8.18. The summed E-state index contributed by atoms with van der Waals surface area (Å²) in [5.41, 5.74) is 2.13. The van der Waals surface area contributed by atoms with E-state index in [1.54, 1.807) is 60.7 Å². The van der Waals surface area contributed by atoms with Gasteiger partial charge in [-0.3, -0.25) is 0 Å². The molecule has 5 rings (SSSR count). The minimum absolute atomic E-state index is 0.0835. The van der Waals surface area contributed by atoms with Gasteiger partial charge in [0.15, 0.2) is 5.82 Å². The van der Waals surface area contributed by atoms with Gasteiger partial charge in [0.05, 0.1) is 34.1 Å². The predicted octanol–water partition coefficient (Wildman–Crippen LogP) is 6.58. The summed E-state index contributed by atoms with van der Waals surface area (Å²) in [5.74, 6) is -0.538. The smallest absolute Gasteiger partial charge is 0.328 e. The van der Waals surface area contributed by atoms with Crippen LogP contribution in [0.2, 0.25) is 0 Å². The van der Waals surface area contributed by atoms with Gasteiger partial charge in [0, 0.05) is 16.8 Å². The Bertz CT molecular complexity index is 1520. The number of anilines is 1. The molecule has 0 spiro atoms. The van der Waals surface area contributed by atoms with E-state index in [1.165, 1.54) is 6.07 Å². The van der Waals surface area contributed by atoms with Gasteiger partial charge in [0.25, 0.3) is 0 Å². The fourth-order valence-corrected chi connectivity index (χ4v) is 3.92. The number of nitrogens with zero attached hydrogens (tertiary/aromatic N) is 5. The summed E-state index contributed by atoms with van der Waals surface area (Å²) in [6.07, 6.45) is -4.66. The van der Waals surface area contributed by atoms with Gasteiger partial charge in [0.2, 0.25) is 5.82 Å². The van der Waals surface area contributed by atoms with Crippen LogP contribution in [-0.4, -0.2) is 30.6 Å².